The van der Waals surface area contributed by atoms with Gasteiger partial charge in [0.25, 0.3) is 0 Å². The second-order valence-electron chi connectivity index (χ2n) is 4.21. The molecule has 96 valence electrons. The van der Waals surface area contributed by atoms with Gasteiger partial charge >= 0.3 is 13.7 Å². The van der Waals surface area contributed by atoms with Crippen LogP contribution >= 0.6 is 7.60 Å². The molecule has 0 aliphatic rings. The van der Waals surface area contributed by atoms with Gasteiger partial charge in [0.1, 0.15) is 6.61 Å². The fraction of sp³-hybridized carbons (Fsp3) is 0.889. The van der Waals surface area contributed by atoms with Crippen molar-refractivity contribution in [2.24, 2.45) is 0 Å². The van der Waals surface area contributed by atoms with Gasteiger partial charge in [-0.15, -0.1) is 0 Å². The largest absolute Gasteiger partial charge is 0.449 e. The van der Waals surface area contributed by atoms with Crippen molar-refractivity contribution >= 4 is 13.7 Å². The number of nitrogens with one attached hydrogen (secondary N) is 1. The van der Waals surface area contributed by atoms with E-state index in [9.17, 15) is 9.36 Å². The molecule has 0 aromatic carbocycles. The molecule has 0 aromatic rings. The van der Waals surface area contributed by atoms with Gasteiger partial charge in [-0.3, -0.25) is 4.57 Å². The van der Waals surface area contributed by atoms with Gasteiger partial charge in [0.2, 0.25) is 0 Å². The molecule has 0 aliphatic heterocycles. The highest BCUT2D eigenvalue weighted by Crippen LogP contribution is 2.45. The van der Waals surface area contributed by atoms with Crippen LogP contribution in [0.15, 0.2) is 0 Å². The summed E-state index contributed by atoms with van der Waals surface area (Å²) in [5.74, 6) is 0. The minimum absolute atomic E-state index is 0.0130. The lowest BCUT2D eigenvalue weighted by molar-refractivity contribution is 0.141. The van der Waals surface area contributed by atoms with Crippen molar-refractivity contribution in [3.05, 3.63) is 0 Å². The van der Waals surface area contributed by atoms with E-state index in [0.29, 0.717) is 0 Å². The average Bonchev–Trinajstić information content (AvgIpc) is 2.14. The van der Waals surface area contributed by atoms with E-state index >= 15 is 0 Å². The van der Waals surface area contributed by atoms with E-state index in [1.54, 1.807) is 0 Å². The predicted molar refractivity (Wildman–Crippen MR) is 60.7 cm³/mol. The summed E-state index contributed by atoms with van der Waals surface area (Å²) in [4.78, 5) is 11.2. The molecule has 0 aromatic heterocycles. The van der Waals surface area contributed by atoms with Crippen LogP contribution in [-0.2, 0) is 18.3 Å². The Balaban J connectivity index is 3.91. The average molecular weight is 253 g/mol. The van der Waals surface area contributed by atoms with E-state index in [-0.39, 0.29) is 18.3 Å². The minimum Gasteiger partial charge on any atom is -0.449 e. The zero-order valence-electron chi connectivity index (χ0n) is 10.4. The lowest BCUT2D eigenvalue weighted by Crippen LogP contribution is -2.41. The first kappa shape index (κ1) is 15.4. The van der Waals surface area contributed by atoms with Crippen molar-refractivity contribution in [1.82, 2.24) is 5.32 Å². The zero-order chi connectivity index (χ0) is 12.8. The van der Waals surface area contributed by atoms with E-state index in [2.05, 4.69) is 5.32 Å². The standard InChI is InChI=1S/C9H20NO5P/c1-9(2,3)10-8(11)15-6-7-16(12,13-4)14-5/h6-7H2,1-5H3,(H,10,11). The van der Waals surface area contributed by atoms with Crippen LogP contribution in [0.25, 0.3) is 0 Å². The number of hydrogen-bond donors (Lipinski definition) is 1. The Labute approximate surface area is 96.2 Å². The van der Waals surface area contributed by atoms with Crippen molar-refractivity contribution in [3.63, 3.8) is 0 Å². The highest BCUT2D eigenvalue weighted by Gasteiger charge is 2.22. The number of alkyl carbamates (subject to hydrolysis) is 1. The molecule has 0 rings (SSSR count). The molecule has 0 aliphatic carbocycles. The van der Waals surface area contributed by atoms with Crippen LogP contribution in [0, 0.1) is 0 Å². The molecule has 0 spiro atoms. The topological polar surface area (TPSA) is 73.9 Å². The summed E-state index contributed by atoms with van der Waals surface area (Å²) in [6.45, 7) is 5.50. The van der Waals surface area contributed by atoms with Crippen LogP contribution in [0.1, 0.15) is 20.8 Å². The summed E-state index contributed by atoms with van der Waals surface area (Å²) in [5.41, 5.74) is -0.358. The van der Waals surface area contributed by atoms with E-state index < -0.39 is 13.7 Å². The molecule has 0 saturated heterocycles. The van der Waals surface area contributed by atoms with Crippen LogP contribution in [0.2, 0.25) is 0 Å². The van der Waals surface area contributed by atoms with Gasteiger partial charge in [0, 0.05) is 19.8 Å². The number of carbonyl (C=O) groups is 1. The second kappa shape index (κ2) is 6.23. The highest BCUT2D eigenvalue weighted by molar-refractivity contribution is 7.53. The van der Waals surface area contributed by atoms with Crippen LogP contribution in [0.4, 0.5) is 4.79 Å². The number of hydrogen-bond acceptors (Lipinski definition) is 5. The summed E-state index contributed by atoms with van der Waals surface area (Å²) in [6, 6.07) is 0. The summed E-state index contributed by atoms with van der Waals surface area (Å²) < 4.78 is 25.8. The maximum Gasteiger partial charge on any atom is 0.407 e. The van der Waals surface area contributed by atoms with Gasteiger partial charge in [-0.2, -0.15) is 0 Å². The van der Waals surface area contributed by atoms with E-state index in [1.807, 2.05) is 20.8 Å². The third kappa shape index (κ3) is 6.82. The first-order valence-electron chi connectivity index (χ1n) is 4.88. The van der Waals surface area contributed by atoms with Crippen molar-refractivity contribution in [2.45, 2.75) is 26.3 Å². The van der Waals surface area contributed by atoms with E-state index in [1.165, 1.54) is 14.2 Å². The molecule has 0 saturated carbocycles. The molecule has 7 heteroatoms. The lowest BCUT2D eigenvalue weighted by atomic mass is 10.1. The van der Waals surface area contributed by atoms with Gasteiger partial charge in [0.05, 0.1) is 6.16 Å². The molecule has 0 atom stereocenters. The summed E-state index contributed by atoms with van der Waals surface area (Å²) in [7, 11) is -0.511. The number of carbonyl (C=O) groups excluding carboxylic acids is 1. The third-order valence-electron chi connectivity index (χ3n) is 1.63. The van der Waals surface area contributed by atoms with Crippen molar-refractivity contribution in [2.75, 3.05) is 27.0 Å². The van der Waals surface area contributed by atoms with Gasteiger partial charge in [-0.25, -0.2) is 4.79 Å². The fourth-order valence-corrected chi connectivity index (χ4v) is 1.68. The van der Waals surface area contributed by atoms with Crippen LogP contribution < -0.4 is 5.32 Å². The first-order valence-corrected chi connectivity index (χ1v) is 6.61. The number of amides is 1. The predicted octanol–water partition coefficient (Wildman–Crippen LogP) is 2.00. The second-order valence-corrected chi connectivity index (χ2v) is 6.61. The molecular formula is C9H20NO5P. The SMILES string of the molecule is COP(=O)(CCOC(=O)NC(C)(C)C)OC. The molecule has 0 radical (unpaired) electrons. The van der Waals surface area contributed by atoms with Gasteiger partial charge in [-0.1, -0.05) is 0 Å². The maximum atomic E-state index is 11.6. The Hall–Kier alpha value is -0.580. The van der Waals surface area contributed by atoms with Gasteiger partial charge in [-0.05, 0) is 20.8 Å². The Morgan fingerprint density at radius 2 is 1.75 bits per heavy atom. The molecular weight excluding hydrogens is 233 g/mol. The normalized spacial score (nSPS) is 12.3. The zero-order valence-corrected chi connectivity index (χ0v) is 11.3. The van der Waals surface area contributed by atoms with Crippen LogP contribution in [0.5, 0.6) is 0 Å². The lowest BCUT2D eigenvalue weighted by Gasteiger charge is -2.20. The van der Waals surface area contributed by atoms with Crippen LogP contribution in [-0.4, -0.2) is 38.6 Å². The van der Waals surface area contributed by atoms with E-state index in [4.69, 9.17) is 13.8 Å². The first-order chi connectivity index (χ1) is 7.22. The Kier molecular flexibility index (Phi) is 6.00. The van der Waals surface area contributed by atoms with Crippen molar-refractivity contribution < 1.29 is 23.1 Å². The smallest absolute Gasteiger partial charge is 0.407 e. The molecule has 6 nitrogen and oxygen atoms in total. The Bertz CT molecular complexity index is 266. The highest BCUT2D eigenvalue weighted by atomic mass is 31.2. The molecule has 0 fully saturated rings. The monoisotopic (exact) mass is 253 g/mol. The van der Waals surface area contributed by atoms with Crippen molar-refractivity contribution in [3.8, 4) is 0 Å². The molecule has 1 N–H and O–H groups in total. The molecule has 1 amide bonds. The quantitative estimate of drug-likeness (QED) is 0.758. The summed E-state index contributed by atoms with van der Waals surface area (Å²) >= 11 is 0. The third-order valence-corrected chi connectivity index (χ3v) is 3.47. The van der Waals surface area contributed by atoms with Crippen LogP contribution in [0.3, 0.4) is 0 Å². The van der Waals surface area contributed by atoms with E-state index in [0.717, 1.165) is 0 Å². The Morgan fingerprint density at radius 3 is 2.12 bits per heavy atom. The number of ether oxygens (including phenoxy) is 1. The molecule has 0 bridgehead atoms. The Morgan fingerprint density at radius 1 is 1.25 bits per heavy atom. The molecule has 16 heavy (non-hydrogen) atoms. The summed E-state index contributed by atoms with van der Waals surface area (Å²) in [5, 5.41) is 2.61. The molecule has 0 heterocycles. The van der Waals surface area contributed by atoms with Crippen molar-refractivity contribution in [1.29, 1.82) is 0 Å². The maximum absolute atomic E-state index is 11.6. The summed E-state index contributed by atoms with van der Waals surface area (Å²) in [6.07, 6.45) is -0.511. The van der Waals surface area contributed by atoms with Gasteiger partial charge < -0.3 is 19.1 Å². The van der Waals surface area contributed by atoms with Gasteiger partial charge in [0.15, 0.2) is 0 Å². The molecule has 0 unspecified atom stereocenters. The number of rotatable bonds is 5. The minimum atomic E-state index is -3.09. The fourth-order valence-electron chi connectivity index (χ4n) is 0.850.